The maximum absolute atomic E-state index is 11.8. The van der Waals surface area contributed by atoms with Crippen molar-refractivity contribution in [3.8, 4) is 0 Å². The first-order valence-corrected chi connectivity index (χ1v) is 6.50. The Balaban J connectivity index is 2.06. The van der Waals surface area contributed by atoms with E-state index in [1.54, 1.807) is 6.20 Å². The van der Waals surface area contributed by atoms with Gasteiger partial charge in [0.05, 0.1) is 9.98 Å². The molecule has 0 aliphatic heterocycles. The van der Waals surface area contributed by atoms with E-state index in [0.29, 0.717) is 5.13 Å². The minimum absolute atomic E-state index is 0.266. The molecular weight excluding hydrogens is 302 g/mol. The van der Waals surface area contributed by atoms with E-state index >= 15 is 0 Å². The first-order valence-electron chi connectivity index (χ1n) is 4.89. The summed E-state index contributed by atoms with van der Waals surface area (Å²) in [5.74, 6) is -0.266. The molecule has 4 nitrogen and oxygen atoms in total. The summed E-state index contributed by atoms with van der Waals surface area (Å²) >= 11 is 4.62. The average molecular weight is 312 g/mol. The van der Waals surface area contributed by atoms with E-state index in [0.717, 1.165) is 9.35 Å². The van der Waals surface area contributed by atoms with E-state index in [4.69, 9.17) is 5.73 Å². The van der Waals surface area contributed by atoms with Gasteiger partial charge in [0.1, 0.15) is 6.04 Å². The van der Waals surface area contributed by atoms with Gasteiger partial charge in [-0.3, -0.25) is 4.79 Å². The second-order valence-corrected chi connectivity index (χ2v) is 5.76. The lowest BCUT2D eigenvalue weighted by Gasteiger charge is -2.10. The SMILES string of the molecule is N[C@@H](C(=O)Nc1ncc(Br)s1)c1ccccc1. The summed E-state index contributed by atoms with van der Waals surface area (Å²) in [5, 5.41) is 3.21. The van der Waals surface area contributed by atoms with Crippen molar-refractivity contribution >= 4 is 38.3 Å². The number of nitrogens with one attached hydrogen (secondary N) is 1. The summed E-state index contributed by atoms with van der Waals surface area (Å²) in [6.45, 7) is 0. The van der Waals surface area contributed by atoms with Gasteiger partial charge >= 0.3 is 0 Å². The molecule has 3 N–H and O–H groups in total. The van der Waals surface area contributed by atoms with Gasteiger partial charge in [0.15, 0.2) is 5.13 Å². The number of anilines is 1. The molecule has 17 heavy (non-hydrogen) atoms. The summed E-state index contributed by atoms with van der Waals surface area (Å²) < 4.78 is 0.862. The molecule has 0 bridgehead atoms. The van der Waals surface area contributed by atoms with E-state index in [1.807, 2.05) is 30.3 Å². The van der Waals surface area contributed by atoms with Gasteiger partial charge in [-0.15, -0.1) is 0 Å². The normalized spacial score (nSPS) is 12.1. The highest BCUT2D eigenvalue weighted by Gasteiger charge is 2.16. The van der Waals surface area contributed by atoms with Crippen LogP contribution < -0.4 is 11.1 Å². The Kier molecular flexibility index (Phi) is 3.88. The first-order chi connectivity index (χ1) is 8.16. The third kappa shape index (κ3) is 3.12. The van der Waals surface area contributed by atoms with E-state index in [2.05, 4.69) is 26.2 Å². The maximum Gasteiger partial charge on any atom is 0.247 e. The van der Waals surface area contributed by atoms with Crippen molar-refractivity contribution in [3.05, 3.63) is 45.9 Å². The van der Waals surface area contributed by atoms with Gasteiger partial charge in [-0.2, -0.15) is 0 Å². The zero-order chi connectivity index (χ0) is 12.3. The lowest BCUT2D eigenvalue weighted by Crippen LogP contribution is -2.27. The highest BCUT2D eigenvalue weighted by molar-refractivity contribution is 9.11. The van der Waals surface area contributed by atoms with Gasteiger partial charge < -0.3 is 11.1 Å². The zero-order valence-electron chi connectivity index (χ0n) is 8.76. The van der Waals surface area contributed by atoms with Gasteiger partial charge in [-0.05, 0) is 21.5 Å². The summed E-state index contributed by atoms with van der Waals surface area (Å²) in [6, 6.07) is 8.54. The van der Waals surface area contributed by atoms with E-state index in [-0.39, 0.29) is 5.91 Å². The highest BCUT2D eigenvalue weighted by Crippen LogP contribution is 2.24. The summed E-state index contributed by atoms with van der Waals surface area (Å²) in [4.78, 5) is 15.9. The Morgan fingerprint density at radius 3 is 2.71 bits per heavy atom. The molecule has 0 spiro atoms. The molecular formula is C11H10BrN3OS. The molecule has 0 unspecified atom stereocenters. The number of rotatable bonds is 3. The topological polar surface area (TPSA) is 68.0 Å². The smallest absolute Gasteiger partial charge is 0.247 e. The van der Waals surface area contributed by atoms with Crippen LogP contribution in [0.1, 0.15) is 11.6 Å². The number of thiazole rings is 1. The van der Waals surface area contributed by atoms with Gasteiger partial charge in [-0.25, -0.2) is 4.98 Å². The fraction of sp³-hybridized carbons (Fsp3) is 0.0909. The number of nitrogens with zero attached hydrogens (tertiary/aromatic N) is 1. The van der Waals surface area contributed by atoms with Crippen LogP contribution in [0.4, 0.5) is 5.13 Å². The molecule has 0 radical (unpaired) electrons. The molecule has 2 aromatic rings. The molecule has 88 valence electrons. The van der Waals surface area contributed by atoms with Gasteiger partial charge in [0.25, 0.3) is 0 Å². The molecule has 1 aromatic carbocycles. The van der Waals surface area contributed by atoms with Crippen molar-refractivity contribution in [2.24, 2.45) is 5.73 Å². The largest absolute Gasteiger partial charge is 0.316 e. The van der Waals surface area contributed by atoms with Gasteiger partial charge in [0.2, 0.25) is 5.91 Å². The molecule has 0 aliphatic carbocycles. The molecule has 0 saturated heterocycles. The Bertz CT molecular complexity index is 514. The molecule has 1 heterocycles. The summed E-state index contributed by atoms with van der Waals surface area (Å²) in [7, 11) is 0. The maximum atomic E-state index is 11.8. The number of halogens is 1. The molecule has 2 rings (SSSR count). The van der Waals surface area contributed by atoms with Crippen molar-refractivity contribution in [3.63, 3.8) is 0 Å². The standard InChI is InChI=1S/C11H10BrN3OS/c12-8-6-14-11(17-8)15-10(16)9(13)7-4-2-1-3-5-7/h1-6,9H,13H2,(H,14,15,16)/t9-/m1/s1. The first kappa shape index (κ1) is 12.2. The zero-order valence-corrected chi connectivity index (χ0v) is 11.2. The second-order valence-electron chi connectivity index (χ2n) is 3.35. The van der Waals surface area contributed by atoms with Crippen molar-refractivity contribution in [2.45, 2.75) is 6.04 Å². The van der Waals surface area contributed by atoms with Gasteiger partial charge in [0, 0.05) is 0 Å². The Hall–Kier alpha value is -1.24. The number of hydrogen-bond acceptors (Lipinski definition) is 4. The minimum Gasteiger partial charge on any atom is -0.316 e. The number of benzene rings is 1. The molecule has 0 aliphatic rings. The van der Waals surface area contributed by atoms with Crippen LogP contribution in [0.25, 0.3) is 0 Å². The van der Waals surface area contributed by atoms with Gasteiger partial charge in [-0.1, -0.05) is 41.7 Å². The predicted octanol–water partition coefficient (Wildman–Crippen LogP) is 2.54. The Labute approximate surface area is 111 Å². The van der Waals surface area contributed by atoms with Crippen LogP contribution in [-0.2, 0) is 4.79 Å². The number of carbonyl (C=O) groups excluding carboxylic acids is 1. The third-order valence-corrected chi connectivity index (χ3v) is 3.54. The van der Waals surface area contributed by atoms with Crippen molar-refractivity contribution in [2.75, 3.05) is 5.32 Å². The number of amides is 1. The molecule has 1 amide bonds. The Morgan fingerprint density at radius 1 is 1.41 bits per heavy atom. The summed E-state index contributed by atoms with van der Waals surface area (Å²) in [6.07, 6.45) is 1.63. The third-order valence-electron chi connectivity index (χ3n) is 2.15. The van der Waals surface area contributed by atoms with Crippen LogP contribution in [-0.4, -0.2) is 10.9 Å². The highest BCUT2D eigenvalue weighted by atomic mass is 79.9. The fourth-order valence-corrected chi connectivity index (χ4v) is 2.42. The number of aromatic nitrogens is 1. The number of carbonyl (C=O) groups is 1. The quantitative estimate of drug-likeness (QED) is 0.915. The van der Waals surface area contributed by atoms with Crippen molar-refractivity contribution in [1.29, 1.82) is 0 Å². The molecule has 0 fully saturated rings. The van der Waals surface area contributed by atoms with Crippen molar-refractivity contribution in [1.82, 2.24) is 4.98 Å². The minimum atomic E-state index is -0.682. The second kappa shape index (κ2) is 5.39. The van der Waals surface area contributed by atoms with Crippen LogP contribution >= 0.6 is 27.3 Å². The number of nitrogens with two attached hydrogens (primary N) is 1. The Morgan fingerprint density at radius 2 is 2.12 bits per heavy atom. The lowest BCUT2D eigenvalue weighted by molar-refractivity contribution is -0.117. The molecule has 0 saturated carbocycles. The summed E-state index contributed by atoms with van der Waals surface area (Å²) in [5.41, 5.74) is 6.62. The fourth-order valence-electron chi connectivity index (χ4n) is 1.31. The van der Waals surface area contributed by atoms with Crippen LogP contribution in [0.15, 0.2) is 40.3 Å². The lowest BCUT2D eigenvalue weighted by atomic mass is 10.1. The monoisotopic (exact) mass is 311 g/mol. The molecule has 6 heteroatoms. The van der Waals surface area contributed by atoms with Crippen LogP contribution in [0.2, 0.25) is 0 Å². The number of hydrogen-bond donors (Lipinski definition) is 2. The van der Waals surface area contributed by atoms with Crippen molar-refractivity contribution < 1.29 is 4.79 Å². The predicted molar refractivity (Wildman–Crippen MR) is 71.8 cm³/mol. The van der Waals surface area contributed by atoms with Crippen LogP contribution in [0, 0.1) is 0 Å². The van der Waals surface area contributed by atoms with Crippen LogP contribution in [0.5, 0.6) is 0 Å². The molecule has 1 aromatic heterocycles. The van der Waals surface area contributed by atoms with E-state index in [9.17, 15) is 4.79 Å². The molecule has 1 atom stereocenters. The average Bonchev–Trinajstić information content (AvgIpc) is 2.75. The van der Waals surface area contributed by atoms with E-state index < -0.39 is 6.04 Å². The van der Waals surface area contributed by atoms with Crippen LogP contribution in [0.3, 0.4) is 0 Å². The van der Waals surface area contributed by atoms with E-state index in [1.165, 1.54) is 11.3 Å².